The molecule has 1 N–H and O–H groups in total. The van der Waals surface area contributed by atoms with Gasteiger partial charge in [0.1, 0.15) is 5.82 Å². The predicted molar refractivity (Wildman–Crippen MR) is 72.6 cm³/mol. The van der Waals surface area contributed by atoms with Gasteiger partial charge in [-0.1, -0.05) is 0 Å². The Morgan fingerprint density at radius 3 is 2.57 bits per heavy atom. The molecule has 0 bridgehead atoms. The maximum Gasteiger partial charge on any atom is 0.416 e. The normalized spacial score (nSPS) is 27.1. The van der Waals surface area contributed by atoms with E-state index in [1.54, 1.807) is 0 Å². The van der Waals surface area contributed by atoms with E-state index in [1.807, 2.05) is 0 Å². The van der Waals surface area contributed by atoms with Crippen LogP contribution in [-0.2, 0) is 6.18 Å². The van der Waals surface area contributed by atoms with E-state index in [4.69, 9.17) is 0 Å². The average Bonchev–Trinajstić information content (AvgIpc) is 3.16. The molecule has 0 aromatic heterocycles. The summed E-state index contributed by atoms with van der Waals surface area (Å²) in [5, 5.41) is 2.95. The fraction of sp³-hybridized carbons (Fsp3) is 0.600. The molecule has 6 heteroatoms. The molecule has 21 heavy (non-hydrogen) atoms. The molecule has 1 aliphatic carbocycles. The van der Waals surface area contributed by atoms with E-state index >= 15 is 0 Å². The summed E-state index contributed by atoms with van der Waals surface area (Å²) in [6.07, 6.45) is -1.25. The first-order valence-electron chi connectivity index (χ1n) is 7.23. The van der Waals surface area contributed by atoms with Crippen LogP contribution in [0.15, 0.2) is 18.2 Å². The minimum atomic E-state index is -4.45. The third kappa shape index (κ3) is 3.15. The first-order valence-corrected chi connectivity index (χ1v) is 7.23. The topological polar surface area (TPSA) is 15.3 Å². The van der Waals surface area contributed by atoms with Crippen molar-refractivity contribution in [3.05, 3.63) is 29.6 Å². The smallest absolute Gasteiger partial charge is 0.379 e. The zero-order valence-corrected chi connectivity index (χ0v) is 11.8. The Labute approximate surface area is 121 Å². The van der Waals surface area contributed by atoms with E-state index in [1.165, 1.54) is 12.8 Å². The van der Waals surface area contributed by atoms with Gasteiger partial charge in [-0.2, -0.15) is 13.2 Å². The Kier molecular flexibility index (Phi) is 3.59. The van der Waals surface area contributed by atoms with Crippen LogP contribution >= 0.6 is 0 Å². The van der Waals surface area contributed by atoms with Crippen molar-refractivity contribution in [3.8, 4) is 0 Å². The standard InChI is InChI=1S/C15H18F4N2/c1-9-6-11(8-21(9)12-3-4-12)20-14-7-10(15(17,18)19)2-5-13(14)16/h2,5,7,9,11-12,20H,3-4,6,8H2,1H3. The van der Waals surface area contributed by atoms with Crippen LogP contribution in [0.3, 0.4) is 0 Å². The molecule has 0 spiro atoms. The number of anilines is 1. The van der Waals surface area contributed by atoms with Crippen molar-refractivity contribution in [1.29, 1.82) is 0 Å². The van der Waals surface area contributed by atoms with Crippen LogP contribution in [0.25, 0.3) is 0 Å². The van der Waals surface area contributed by atoms with Crippen molar-refractivity contribution >= 4 is 5.69 Å². The molecule has 116 valence electrons. The maximum absolute atomic E-state index is 13.7. The third-order valence-corrected chi connectivity index (χ3v) is 4.29. The monoisotopic (exact) mass is 302 g/mol. The molecule has 1 saturated heterocycles. The second-order valence-electron chi connectivity index (χ2n) is 6.05. The van der Waals surface area contributed by atoms with Crippen molar-refractivity contribution in [2.45, 2.75) is 50.5 Å². The molecule has 2 atom stereocenters. The summed E-state index contributed by atoms with van der Waals surface area (Å²) in [7, 11) is 0. The molecule has 1 aromatic carbocycles. The molecule has 2 unspecified atom stereocenters. The van der Waals surface area contributed by atoms with Gasteiger partial charge >= 0.3 is 6.18 Å². The van der Waals surface area contributed by atoms with E-state index < -0.39 is 17.6 Å². The molecular formula is C15H18F4N2. The molecule has 2 nitrogen and oxygen atoms in total. The van der Waals surface area contributed by atoms with E-state index in [0.29, 0.717) is 12.1 Å². The van der Waals surface area contributed by atoms with Gasteiger partial charge in [-0.3, -0.25) is 4.90 Å². The molecule has 2 fully saturated rings. The number of likely N-dealkylation sites (tertiary alicyclic amines) is 1. The van der Waals surface area contributed by atoms with Crippen LogP contribution in [0.1, 0.15) is 31.7 Å². The highest BCUT2D eigenvalue weighted by Crippen LogP contribution is 2.35. The lowest BCUT2D eigenvalue weighted by Crippen LogP contribution is -2.31. The van der Waals surface area contributed by atoms with Gasteiger partial charge < -0.3 is 5.32 Å². The minimum Gasteiger partial charge on any atom is -0.379 e. The molecule has 1 heterocycles. The van der Waals surface area contributed by atoms with Crippen LogP contribution < -0.4 is 5.32 Å². The SMILES string of the molecule is CC1CC(Nc2cc(C(F)(F)F)ccc2F)CN1C1CC1. The van der Waals surface area contributed by atoms with E-state index in [-0.39, 0.29) is 11.7 Å². The van der Waals surface area contributed by atoms with Gasteiger partial charge in [0.2, 0.25) is 0 Å². The van der Waals surface area contributed by atoms with Gasteiger partial charge in [-0.15, -0.1) is 0 Å². The molecular weight excluding hydrogens is 284 g/mol. The largest absolute Gasteiger partial charge is 0.416 e. The number of nitrogens with one attached hydrogen (secondary N) is 1. The number of rotatable bonds is 3. The maximum atomic E-state index is 13.7. The molecule has 2 aliphatic rings. The van der Waals surface area contributed by atoms with Gasteiger partial charge in [-0.25, -0.2) is 4.39 Å². The Bertz CT molecular complexity index is 525. The number of hydrogen-bond donors (Lipinski definition) is 1. The van der Waals surface area contributed by atoms with Gasteiger partial charge in [0.05, 0.1) is 11.3 Å². The van der Waals surface area contributed by atoms with Crippen molar-refractivity contribution in [1.82, 2.24) is 4.90 Å². The number of halogens is 4. The van der Waals surface area contributed by atoms with Crippen LogP contribution in [-0.4, -0.2) is 29.6 Å². The summed E-state index contributed by atoms with van der Waals surface area (Å²) in [6, 6.07) is 3.51. The molecule has 1 saturated carbocycles. The highest BCUT2D eigenvalue weighted by Gasteiger charge is 2.39. The fourth-order valence-electron chi connectivity index (χ4n) is 3.11. The molecule has 3 rings (SSSR count). The summed E-state index contributed by atoms with van der Waals surface area (Å²) in [5.41, 5.74) is -0.879. The van der Waals surface area contributed by atoms with E-state index in [9.17, 15) is 17.6 Å². The molecule has 0 radical (unpaired) electrons. The lowest BCUT2D eigenvalue weighted by Gasteiger charge is -2.20. The van der Waals surface area contributed by atoms with Gasteiger partial charge in [0, 0.05) is 24.7 Å². The first kappa shape index (κ1) is 14.6. The number of alkyl halides is 3. The summed E-state index contributed by atoms with van der Waals surface area (Å²) in [5.74, 6) is -0.638. The predicted octanol–water partition coefficient (Wildman–Crippen LogP) is 3.88. The van der Waals surface area contributed by atoms with Crippen LogP contribution in [0.2, 0.25) is 0 Å². The van der Waals surface area contributed by atoms with Crippen molar-refractivity contribution in [3.63, 3.8) is 0 Å². The number of hydrogen-bond acceptors (Lipinski definition) is 2. The highest BCUT2D eigenvalue weighted by atomic mass is 19.4. The molecule has 1 aliphatic heterocycles. The zero-order valence-electron chi connectivity index (χ0n) is 11.8. The lowest BCUT2D eigenvalue weighted by molar-refractivity contribution is -0.137. The second kappa shape index (κ2) is 5.16. The summed E-state index contributed by atoms with van der Waals surface area (Å²) >= 11 is 0. The summed E-state index contributed by atoms with van der Waals surface area (Å²) in [4.78, 5) is 2.36. The Balaban J connectivity index is 1.73. The Morgan fingerprint density at radius 2 is 1.95 bits per heavy atom. The van der Waals surface area contributed by atoms with Gasteiger partial charge in [0.25, 0.3) is 0 Å². The van der Waals surface area contributed by atoms with Crippen LogP contribution in [0.5, 0.6) is 0 Å². The van der Waals surface area contributed by atoms with Crippen molar-refractivity contribution in [2.75, 3.05) is 11.9 Å². The molecule has 0 amide bonds. The van der Waals surface area contributed by atoms with Gasteiger partial charge in [0.15, 0.2) is 0 Å². The average molecular weight is 302 g/mol. The quantitative estimate of drug-likeness (QED) is 0.852. The summed E-state index contributed by atoms with van der Waals surface area (Å²) < 4.78 is 51.8. The van der Waals surface area contributed by atoms with Crippen molar-refractivity contribution < 1.29 is 17.6 Å². The third-order valence-electron chi connectivity index (χ3n) is 4.29. The van der Waals surface area contributed by atoms with Crippen LogP contribution in [0, 0.1) is 5.82 Å². The number of benzene rings is 1. The van der Waals surface area contributed by atoms with E-state index in [2.05, 4.69) is 17.1 Å². The Hall–Kier alpha value is -1.30. The molecule has 1 aromatic rings. The highest BCUT2D eigenvalue weighted by molar-refractivity contribution is 5.49. The van der Waals surface area contributed by atoms with Crippen LogP contribution in [0.4, 0.5) is 23.2 Å². The lowest BCUT2D eigenvalue weighted by atomic mass is 10.1. The zero-order chi connectivity index (χ0) is 15.2. The number of nitrogens with zero attached hydrogens (tertiary/aromatic N) is 1. The Morgan fingerprint density at radius 1 is 1.24 bits per heavy atom. The van der Waals surface area contributed by atoms with Gasteiger partial charge in [-0.05, 0) is 44.4 Å². The van der Waals surface area contributed by atoms with Crippen molar-refractivity contribution in [2.24, 2.45) is 0 Å². The summed E-state index contributed by atoms with van der Waals surface area (Å²) in [6.45, 7) is 2.88. The minimum absolute atomic E-state index is 0.00131. The fourth-order valence-corrected chi connectivity index (χ4v) is 3.11. The second-order valence-corrected chi connectivity index (χ2v) is 6.05. The first-order chi connectivity index (χ1) is 9.84. The van der Waals surface area contributed by atoms with E-state index in [0.717, 1.165) is 31.2 Å².